The number of fused-ring (bicyclic) bond motifs is 1. The van der Waals surface area contributed by atoms with Crippen LogP contribution >= 0.6 is 0 Å². The summed E-state index contributed by atoms with van der Waals surface area (Å²) in [4.78, 5) is 0.231. The average molecular weight is 369 g/mol. The molecule has 0 amide bonds. The molecule has 0 saturated heterocycles. The molecule has 26 heavy (non-hydrogen) atoms. The van der Waals surface area contributed by atoms with Crippen molar-refractivity contribution in [2.75, 3.05) is 6.54 Å². The van der Waals surface area contributed by atoms with Gasteiger partial charge < -0.3 is 5.11 Å². The molecule has 0 fully saturated rings. The van der Waals surface area contributed by atoms with E-state index in [1.165, 1.54) is 0 Å². The minimum Gasteiger partial charge on any atom is -0.389 e. The van der Waals surface area contributed by atoms with Crippen molar-refractivity contribution < 1.29 is 13.5 Å². The molecule has 0 aromatic heterocycles. The van der Waals surface area contributed by atoms with Crippen LogP contribution in [-0.4, -0.2) is 25.7 Å². The number of aryl methyl sites for hydroxylation is 1. The summed E-state index contributed by atoms with van der Waals surface area (Å²) in [6.07, 6.45) is 1.15. The third-order valence-corrected chi connectivity index (χ3v) is 5.94. The van der Waals surface area contributed by atoms with Crippen molar-refractivity contribution in [1.82, 2.24) is 4.72 Å². The summed E-state index contributed by atoms with van der Waals surface area (Å²) >= 11 is 0. The minimum absolute atomic E-state index is 0.0363. The smallest absolute Gasteiger partial charge is 0.241 e. The molecule has 2 N–H and O–H groups in total. The Hall–Kier alpha value is -2.21. The lowest BCUT2D eigenvalue weighted by atomic mass is 9.97. The molecule has 0 bridgehead atoms. The maximum absolute atomic E-state index is 12.7. The molecule has 136 valence electrons. The van der Waals surface area contributed by atoms with Crippen LogP contribution < -0.4 is 4.72 Å². The van der Waals surface area contributed by atoms with Gasteiger partial charge in [0, 0.05) is 11.9 Å². The topological polar surface area (TPSA) is 66.4 Å². The minimum atomic E-state index is -3.71. The van der Waals surface area contributed by atoms with Crippen molar-refractivity contribution in [3.8, 4) is 0 Å². The van der Waals surface area contributed by atoms with Crippen molar-refractivity contribution in [2.45, 2.75) is 30.3 Å². The van der Waals surface area contributed by atoms with Crippen molar-refractivity contribution in [3.05, 3.63) is 78.4 Å². The molecular weight excluding hydrogens is 346 g/mol. The van der Waals surface area contributed by atoms with Gasteiger partial charge in [-0.05, 0) is 36.8 Å². The first-order valence-corrected chi connectivity index (χ1v) is 10.1. The van der Waals surface area contributed by atoms with E-state index in [0.717, 1.165) is 10.9 Å². The summed E-state index contributed by atoms with van der Waals surface area (Å²) in [5.41, 5.74) is -0.0160. The Bertz CT molecular complexity index is 977. The summed E-state index contributed by atoms with van der Waals surface area (Å²) in [7, 11) is -3.71. The van der Waals surface area contributed by atoms with Crippen LogP contribution in [0.15, 0.2) is 77.7 Å². The molecule has 0 saturated carbocycles. The quantitative estimate of drug-likeness (QED) is 0.670. The van der Waals surface area contributed by atoms with Gasteiger partial charge in [-0.15, -0.1) is 0 Å². The maximum atomic E-state index is 12.7. The summed E-state index contributed by atoms with van der Waals surface area (Å²) < 4.78 is 28.1. The second-order valence-corrected chi connectivity index (χ2v) is 8.52. The lowest BCUT2D eigenvalue weighted by Gasteiger charge is -2.24. The third kappa shape index (κ3) is 4.49. The highest BCUT2D eigenvalue weighted by molar-refractivity contribution is 7.89. The summed E-state index contributed by atoms with van der Waals surface area (Å²) in [6.45, 7) is 1.62. The summed E-state index contributed by atoms with van der Waals surface area (Å²) in [5.74, 6) is 0. The third-order valence-electron chi connectivity index (χ3n) is 4.48. The van der Waals surface area contributed by atoms with E-state index >= 15 is 0 Å². The molecule has 4 nitrogen and oxygen atoms in total. The van der Waals surface area contributed by atoms with Gasteiger partial charge >= 0.3 is 0 Å². The van der Waals surface area contributed by atoms with Gasteiger partial charge in [0.1, 0.15) is 0 Å². The second kappa shape index (κ2) is 7.58. The van der Waals surface area contributed by atoms with E-state index in [9.17, 15) is 13.5 Å². The van der Waals surface area contributed by atoms with Crippen LogP contribution in [0.4, 0.5) is 0 Å². The molecule has 0 heterocycles. The maximum Gasteiger partial charge on any atom is 0.241 e. The van der Waals surface area contributed by atoms with Gasteiger partial charge in [-0.2, -0.15) is 0 Å². The molecule has 5 heteroatoms. The van der Waals surface area contributed by atoms with Crippen molar-refractivity contribution in [1.29, 1.82) is 0 Å². The highest BCUT2D eigenvalue weighted by Crippen LogP contribution is 2.23. The summed E-state index contributed by atoms with van der Waals surface area (Å²) in [6, 6.07) is 22.4. The Morgan fingerprint density at radius 1 is 0.923 bits per heavy atom. The first-order chi connectivity index (χ1) is 12.4. The van der Waals surface area contributed by atoms with E-state index < -0.39 is 15.6 Å². The van der Waals surface area contributed by atoms with Crippen LogP contribution in [0.25, 0.3) is 10.8 Å². The molecule has 0 aliphatic heterocycles. The molecule has 0 spiro atoms. The van der Waals surface area contributed by atoms with Gasteiger partial charge in [0.25, 0.3) is 0 Å². The zero-order valence-electron chi connectivity index (χ0n) is 14.7. The van der Waals surface area contributed by atoms with Gasteiger partial charge in [-0.3, -0.25) is 0 Å². The van der Waals surface area contributed by atoms with Crippen LogP contribution in [0.2, 0.25) is 0 Å². The Labute approximate surface area is 154 Å². The standard InChI is InChI=1S/C21H23NO3S/c1-21(23,15-14-17-8-3-2-4-9-17)16-22-26(24,25)20-13-7-11-18-10-5-6-12-19(18)20/h2-13,22-23H,14-16H2,1H3/t21-/m1/s1. The zero-order chi connectivity index (χ0) is 18.6. The SMILES string of the molecule is C[C@@](O)(CCc1ccccc1)CNS(=O)(=O)c1cccc2ccccc12. The zero-order valence-corrected chi connectivity index (χ0v) is 15.5. The fourth-order valence-electron chi connectivity index (χ4n) is 2.90. The van der Waals surface area contributed by atoms with E-state index in [2.05, 4.69) is 4.72 Å². The first kappa shape index (κ1) is 18.6. The van der Waals surface area contributed by atoms with Gasteiger partial charge in [0.05, 0.1) is 10.5 Å². The number of sulfonamides is 1. The number of hydrogen-bond donors (Lipinski definition) is 2. The fourth-order valence-corrected chi connectivity index (χ4v) is 4.29. The molecule has 3 rings (SSSR count). The van der Waals surface area contributed by atoms with Crippen LogP contribution in [0.3, 0.4) is 0 Å². The number of rotatable bonds is 7. The van der Waals surface area contributed by atoms with E-state index in [-0.39, 0.29) is 11.4 Å². The van der Waals surface area contributed by atoms with Gasteiger partial charge in [0.15, 0.2) is 0 Å². The second-order valence-electron chi connectivity index (χ2n) is 6.78. The molecule has 0 radical (unpaired) electrons. The van der Waals surface area contributed by atoms with E-state index in [0.29, 0.717) is 18.2 Å². The first-order valence-electron chi connectivity index (χ1n) is 8.61. The normalized spacial score (nSPS) is 14.2. The van der Waals surface area contributed by atoms with Crippen molar-refractivity contribution in [2.24, 2.45) is 0 Å². The molecule has 0 unspecified atom stereocenters. The predicted molar refractivity (Wildman–Crippen MR) is 105 cm³/mol. The molecule has 1 atom stereocenters. The highest BCUT2D eigenvalue weighted by Gasteiger charge is 2.25. The molecule has 3 aromatic carbocycles. The Morgan fingerprint density at radius 2 is 1.58 bits per heavy atom. The average Bonchev–Trinajstić information content (AvgIpc) is 2.65. The van der Waals surface area contributed by atoms with Crippen LogP contribution in [0.5, 0.6) is 0 Å². The molecule has 0 aliphatic carbocycles. The summed E-state index contributed by atoms with van der Waals surface area (Å²) in [5, 5.41) is 12.1. The van der Waals surface area contributed by atoms with E-state index in [4.69, 9.17) is 0 Å². The van der Waals surface area contributed by atoms with Crippen molar-refractivity contribution in [3.63, 3.8) is 0 Å². The largest absolute Gasteiger partial charge is 0.389 e. The lowest BCUT2D eigenvalue weighted by Crippen LogP contribution is -2.41. The van der Waals surface area contributed by atoms with E-state index in [1.54, 1.807) is 25.1 Å². The predicted octanol–water partition coefficient (Wildman–Crippen LogP) is 3.50. The lowest BCUT2D eigenvalue weighted by molar-refractivity contribution is 0.0565. The molecule has 0 aliphatic rings. The van der Waals surface area contributed by atoms with Gasteiger partial charge in [-0.25, -0.2) is 13.1 Å². The van der Waals surface area contributed by atoms with Crippen LogP contribution in [-0.2, 0) is 16.4 Å². The number of nitrogens with one attached hydrogen (secondary N) is 1. The van der Waals surface area contributed by atoms with Gasteiger partial charge in [0.2, 0.25) is 10.0 Å². The fraction of sp³-hybridized carbons (Fsp3) is 0.238. The Balaban J connectivity index is 1.71. The number of hydrogen-bond acceptors (Lipinski definition) is 3. The van der Waals surface area contributed by atoms with Gasteiger partial charge in [-0.1, -0.05) is 66.7 Å². The van der Waals surface area contributed by atoms with Crippen LogP contribution in [0, 0.1) is 0 Å². The van der Waals surface area contributed by atoms with Crippen LogP contribution in [0.1, 0.15) is 18.9 Å². The molecular formula is C21H23NO3S. The highest BCUT2D eigenvalue weighted by atomic mass is 32.2. The number of aliphatic hydroxyl groups is 1. The Morgan fingerprint density at radius 3 is 2.35 bits per heavy atom. The van der Waals surface area contributed by atoms with E-state index in [1.807, 2.05) is 54.6 Å². The Kier molecular flexibility index (Phi) is 5.41. The number of benzene rings is 3. The van der Waals surface area contributed by atoms with Crippen molar-refractivity contribution >= 4 is 20.8 Å². The molecule has 3 aromatic rings. The monoisotopic (exact) mass is 369 g/mol.